The van der Waals surface area contributed by atoms with Gasteiger partial charge in [0.2, 0.25) is 0 Å². The van der Waals surface area contributed by atoms with Crippen LogP contribution in [0.1, 0.15) is 24.3 Å². The largest absolute Gasteiger partial charge is 0.396 e. The van der Waals surface area contributed by atoms with E-state index in [-0.39, 0.29) is 6.61 Å². The maximum Gasteiger partial charge on any atom is 0.133 e. The quantitative estimate of drug-likeness (QED) is 0.673. The molecule has 0 radical (unpaired) electrons. The van der Waals surface area contributed by atoms with Crippen LogP contribution in [0.4, 0.5) is 0 Å². The average Bonchev–Trinajstić information content (AvgIpc) is 2.58. The van der Waals surface area contributed by atoms with E-state index in [9.17, 15) is 0 Å². The van der Waals surface area contributed by atoms with Crippen molar-refractivity contribution in [2.45, 2.75) is 26.2 Å². The first-order chi connectivity index (χ1) is 6.83. The summed E-state index contributed by atoms with van der Waals surface area (Å²) in [6.07, 6.45) is 2.54. The molecule has 0 aliphatic heterocycles. The van der Waals surface area contributed by atoms with Crippen LogP contribution in [0.2, 0.25) is 0 Å². The SMILES string of the molecule is Cc1cc(CCCOCCCO)no1. The standard InChI is InChI=1S/C10H17NO3/c1-9-8-10(11-14-9)4-2-6-13-7-3-5-12/h8,12H,2-7H2,1H3. The van der Waals surface area contributed by atoms with Gasteiger partial charge in [-0.15, -0.1) is 0 Å². The molecule has 1 aromatic heterocycles. The van der Waals surface area contributed by atoms with Gasteiger partial charge in [0.15, 0.2) is 0 Å². The lowest BCUT2D eigenvalue weighted by Gasteiger charge is -2.00. The first-order valence-corrected chi connectivity index (χ1v) is 4.93. The predicted molar refractivity (Wildman–Crippen MR) is 52.1 cm³/mol. The molecule has 0 unspecified atom stereocenters. The highest BCUT2D eigenvalue weighted by atomic mass is 16.5. The summed E-state index contributed by atoms with van der Waals surface area (Å²) in [6.45, 7) is 3.43. The van der Waals surface area contributed by atoms with Crippen LogP contribution in [0, 0.1) is 6.92 Å². The lowest BCUT2D eigenvalue weighted by Crippen LogP contribution is -2.00. The molecular weight excluding hydrogens is 182 g/mol. The minimum absolute atomic E-state index is 0.197. The number of hydrogen-bond donors (Lipinski definition) is 1. The molecule has 0 aliphatic rings. The van der Waals surface area contributed by atoms with E-state index < -0.39 is 0 Å². The van der Waals surface area contributed by atoms with Crippen LogP contribution in [-0.4, -0.2) is 30.1 Å². The van der Waals surface area contributed by atoms with Gasteiger partial charge in [-0.3, -0.25) is 0 Å². The molecule has 0 amide bonds. The Balaban J connectivity index is 1.99. The average molecular weight is 199 g/mol. The molecule has 0 saturated heterocycles. The zero-order valence-electron chi connectivity index (χ0n) is 8.53. The van der Waals surface area contributed by atoms with Gasteiger partial charge in [0.25, 0.3) is 0 Å². The van der Waals surface area contributed by atoms with Crippen LogP contribution < -0.4 is 0 Å². The molecule has 4 nitrogen and oxygen atoms in total. The minimum atomic E-state index is 0.197. The molecule has 0 saturated carbocycles. The van der Waals surface area contributed by atoms with E-state index in [1.807, 2.05) is 13.0 Å². The van der Waals surface area contributed by atoms with Crippen molar-refractivity contribution >= 4 is 0 Å². The molecule has 0 bridgehead atoms. The predicted octanol–water partition coefficient (Wildman–Crippen LogP) is 1.31. The molecule has 0 aliphatic carbocycles. The highest BCUT2D eigenvalue weighted by Gasteiger charge is 1.99. The van der Waals surface area contributed by atoms with E-state index in [0.717, 1.165) is 24.3 Å². The molecule has 0 spiro atoms. The number of hydrogen-bond acceptors (Lipinski definition) is 4. The van der Waals surface area contributed by atoms with Crippen molar-refractivity contribution in [3.63, 3.8) is 0 Å². The van der Waals surface area contributed by atoms with Gasteiger partial charge in [0, 0.05) is 25.9 Å². The van der Waals surface area contributed by atoms with Crippen LogP contribution in [0.15, 0.2) is 10.6 Å². The third-order valence-electron chi connectivity index (χ3n) is 1.85. The molecule has 1 rings (SSSR count). The van der Waals surface area contributed by atoms with E-state index in [1.54, 1.807) is 0 Å². The molecule has 0 fully saturated rings. The second-order valence-corrected chi connectivity index (χ2v) is 3.22. The number of aromatic nitrogens is 1. The molecule has 1 aromatic rings. The Morgan fingerprint density at radius 2 is 2.21 bits per heavy atom. The van der Waals surface area contributed by atoms with E-state index in [0.29, 0.717) is 19.6 Å². The summed E-state index contributed by atoms with van der Waals surface area (Å²) < 4.78 is 10.2. The lowest BCUT2D eigenvalue weighted by atomic mass is 10.2. The summed E-state index contributed by atoms with van der Waals surface area (Å²) in [5.74, 6) is 0.848. The first-order valence-electron chi connectivity index (χ1n) is 4.93. The summed E-state index contributed by atoms with van der Waals surface area (Å²) in [6, 6.07) is 1.94. The van der Waals surface area contributed by atoms with E-state index in [2.05, 4.69) is 5.16 Å². The Labute approximate surface area is 83.9 Å². The summed E-state index contributed by atoms with van der Waals surface area (Å²) in [5, 5.41) is 12.4. The van der Waals surface area contributed by atoms with Crippen molar-refractivity contribution in [3.8, 4) is 0 Å². The van der Waals surface area contributed by atoms with E-state index >= 15 is 0 Å². The van der Waals surface area contributed by atoms with Crippen LogP contribution in [-0.2, 0) is 11.2 Å². The fourth-order valence-electron chi connectivity index (χ4n) is 1.16. The van der Waals surface area contributed by atoms with E-state index in [4.69, 9.17) is 14.4 Å². The molecule has 1 heterocycles. The fourth-order valence-corrected chi connectivity index (χ4v) is 1.16. The number of nitrogens with zero attached hydrogens (tertiary/aromatic N) is 1. The molecule has 0 aromatic carbocycles. The summed E-state index contributed by atoms with van der Waals surface area (Å²) >= 11 is 0. The first kappa shape index (κ1) is 11.2. The van der Waals surface area contributed by atoms with Crippen molar-refractivity contribution in [2.24, 2.45) is 0 Å². The van der Waals surface area contributed by atoms with Gasteiger partial charge in [-0.05, 0) is 26.2 Å². The van der Waals surface area contributed by atoms with Gasteiger partial charge in [0.1, 0.15) is 5.76 Å². The van der Waals surface area contributed by atoms with Crippen molar-refractivity contribution in [3.05, 3.63) is 17.5 Å². The normalized spacial score (nSPS) is 10.7. The van der Waals surface area contributed by atoms with Gasteiger partial charge in [0.05, 0.1) is 5.69 Å². The van der Waals surface area contributed by atoms with Crippen molar-refractivity contribution in [2.75, 3.05) is 19.8 Å². The fraction of sp³-hybridized carbons (Fsp3) is 0.700. The maximum absolute atomic E-state index is 8.50. The highest BCUT2D eigenvalue weighted by molar-refractivity contribution is 5.03. The van der Waals surface area contributed by atoms with Gasteiger partial charge < -0.3 is 14.4 Å². The maximum atomic E-state index is 8.50. The third kappa shape index (κ3) is 4.39. The molecule has 4 heteroatoms. The summed E-state index contributed by atoms with van der Waals surface area (Å²) in [7, 11) is 0. The summed E-state index contributed by atoms with van der Waals surface area (Å²) in [5.41, 5.74) is 0.980. The van der Waals surface area contributed by atoms with Crippen LogP contribution in [0.25, 0.3) is 0 Å². The van der Waals surface area contributed by atoms with Crippen LogP contribution >= 0.6 is 0 Å². The second kappa shape index (κ2) is 6.56. The Bertz CT molecular complexity index is 247. The molecule has 0 atom stereocenters. The molecule has 80 valence electrons. The Morgan fingerprint density at radius 1 is 1.43 bits per heavy atom. The van der Waals surface area contributed by atoms with Gasteiger partial charge in [-0.2, -0.15) is 0 Å². The second-order valence-electron chi connectivity index (χ2n) is 3.22. The minimum Gasteiger partial charge on any atom is -0.396 e. The summed E-state index contributed by atoms with van der Waals surface area (Å²) in [4.78, 5) is 0. The smallest absolute Gasteiger partial charge is 0.133 e. The zero-order chi connectivity index (χ0) is 10.2. The molecular formula is C10H17NO3. The van der Waals surface area contributed by atoms with Gasteiger partial charge >= 0.3 is 0 Å². The van der Waals surface area contributed by atoms with Crippen molar-refractivity contribution in [1.29, 1.82) is 0 Å². The molecule has 14 heavy (non-hydrogen) atoms. The van der Waals surface area contributed by atoms with Gasteiger partial charge in [-0.25, -0.2) is 0 Å². The topological polar surface area (TPSA) is 55.5 Å². The Hall–Kier alpha value is -0.870. The lowest BCUT2D eigenvalue weighted by molar-refractivity contribution is 0.114. The molecule has 1 N–H and O–H groups in total. The van der Waals surface area contributed by atoms with Crippen LogP contribution in [0.3, 0.4) is 0 Å². The van der Waals surface area contributed by atoms with E-state index in [1.165, 1.54) is 0 Å². The number of aryl methyl sites for hydroxylation is 2. The van der Waals surface area contributed by atoms with Crippen molar-refractivity contribution in [1.82, 2.24) is 5.16 Å². The number of aliphatic hydroxyl groups is 1. The number of ether oxygens (including phenoxy) is 1. The monoisotopic (exact) mass is 199 g/mol. The number of aliphatic hydroxyl groups excluding tert-OH is 1. The Morgan fingerprint density at radius 3 is 2.86 bits per heavy atom. The van der Waals surface area contributed by atoms with Crippen molar-refractivity contribution < 1.29 is 14.4 Å². The zero-order valence-corrected chi connectivity index (χ0v) is 8.53. The Kier molecular flexibility index (Phi) is 5.25. The third-order valence-corrected chi connectivity index (χ3v) is 1.85. The van der Waals surface area contributed by atoms with Crippen LogP contribution in [0.5, 0.6) is 0 Å². The number of rotatable bonds is 7. The van der Waals surface area contributed by atoms with Gasteiger partial charge in [-0.1, -0.05) is 5.16 Å². The highest BCUT2D eigenvalue weighted by Crippen LogP contribution is 2.04.